The number of fused-ring (bicyclic) bond motifs is 1. The summed E-state index contributed by atoms with van der Waals surface area (Å²) in [5.74, 6) is -0.0320. The number of carbonyl (C=O) groups excluding carboxylic acids is 1. The van der Waals surface area contributed by atoms with E-state index in [4.69, 9.17) is 5.73 Å². The Labute approximate surface area is 122 Å². The molecule has 2 N–H and O–H groups in total. The minimum Gasteiger partial charge on any atom is -0.397 e. The van der Waals surface area contributed by atoms with Gasteiger partial charge in [0.2, 0.25) is 0 Å². The maximum atomic E-state index is 12.0. The number of anilines is 2. The van der Waals surface area contributed by atoms with Gasteiger partial charge in [0.15, 0.2) is 0 Å². The Bertz CT molecular complexity index is 638. The summed E-state index contributed by atoms with van der Waals surface area (Å²) in [6, 6.07) is 10.3. The van der Waals surface area contributed by atoms with Gasteiger partial charge in [0.05, 0.1) is 10.7 Å². The van der Waals surface area contributed by atoms with Gasteiger partial charge in [-0.3, -0.25) is 4.79 Å². The lowest BCUT2D eigenvalue weighted by Gasteiger charge is -2.14. The summed E-state index contributed by atoms with van der Waals surface area (Å²) < 4.78 is 0. The molecule has 0 saturated heterocycles. The van der Waals surface area contributed by atoms with Crippen LogP contribution in [0.15, 0.2) is 30.3 Å². The van der Waals surface area contributed by atoms with E-state index in [1.165, 1.54) is 22.5 Å². The SMILES string of the molecule is CN(C)C(=O)c1sc(N2Cc3ccccc3C2)cc1N. The second kappa shape index (κ2) is 4.83. The second-order valence-electron chi connectivity index (χ2n) is 5.19. The molecule has 1 amide bonds. The van der Waals surface area contributed by atoms with Crippen molar-refractivity contribution < 1.29 is 4.79 Å². The highest BCUT2D eigenvalue weighted by Gasteiger charge is 2.23. The molecular weight excluding hydrogens is 270 g/mol. The maximum absolute atomic E-state index is 12.0. The second-order valence-corrected chi connectivity index (χ2v) is 6.22. The fourth-order valence-corrected chi connectivity index (χ4v) is 3.51. The minimum absolute atomic E-state index is 0.0320. The van der Waals surface area contributed by atoms with Crippen LogP contribution in [0.25, 0.3) is 0 Å². The predicted octanol–water partition coefficient (Wildman–Crippen LogP) is 2.55. The third-order valence-electron chi connectivity index (χ3n) is 3.50. The molecule has 1 aliphatic rings. The van der Waals surface area contributed by atoms with E-state index in [0.29, 0.717) is 10.6 Å². The summed E-state index contributed by atoms with van der Waals surface area (Å²) in [5.41, 5.74) is 9.25. The Balaban J connectivity index is 1.87. The molecule has 0 unspecified atom stereocenters. The Morgan fingerprint density at radius 3 is 2.40 bits per heavy atom. The van der Waals surface area contributed by atoms with Gasteiger partial charge >= 0.3 is 0 Å². The van der Waals surface area contributed by atoms with Gasteiger partial charge in [-0.15, -0.1) is 11.3 Å². The average molecular weight is 287 g/mol. The van der Waals surface area contributed by atoms with Crippen LogP contribution in [-0.2, 0) is 13.1 Å². The van der Waals surface area contributed by atoms with Crippen molar-refractivity contribution in [3.63, 3.8) is 0 Å². The number of amides is 1. The normalized spacial score (nSPS) is 13.4. The largest absolute Gasteiger partial charge is 0.397 e. The van der Waals surface area contributed by atoms with Crippen molar-refractivity contribution in [3.05, 3.63) is 46.3 Å². The lowest BCUT2D eigenvalue weighted by Crippen LogP contribution is -2.21. The monoisotopic (exact) mass is 287 g/mol. The molecule has 0 aliphatic carbocycles. The van der Waals surface area contributed by atoms with Gasteiger partial charge in [0, 0.05) is 27.2 Å². The number of carbonyl (C=O) groups is 1. The molecule has 0 fully saturated rings. The van der Waals surface area contributed by atoms with Gasteiger partial charge in [0.25, 0.3) is 5.91 Å². The van der Waals surface area contributed by atoms with Crippen molar-refractivity contribution in [2.75, 3.05) is 24.7 Å². The lowest BCUT2D eigenvalue weighted by molar-refractivity contribution is 0.0833. The number of rotatable bonds is 2. The van der Waals surface area contributed by atoms with E-state index < -0.39 is 0 Å². The number of nitrogens with two attached hydrogens (primary N) is 1. The van der Waals surface area contributed by atoms with Gasteiger partial charge in [-0.1, -0.05) is 24.3 Å². The van der Waals surface area contributed by atoms with Crippen molar-refractivity contribution in [1.82, 2.24) is 4.90 Å². The van der Waals surface area contributed by atoms with Crippen molar-refractivity contribution in [3.8, 4) is 0 Å². The molecular formula is C15H17N3OS. The summed E-state index contributed by atoms with van der Waals surface area (Å²) >= 11 is 1.47. The van der Waals surface area contributed by atoms with Crippen LogP contribution in [0.4, 0.5) is 10.7 Å². The topological polar surface area (TPSA) is 49.6 Å². The van der Waals surface area contributed by atoms with Crippen LogP contribution < -0.4 is 10.6 Å². The van der Waals surface area contributed by atoms with Crippen LogP contribution in [-0.4, -0.2) is 24.9 Å². The van der Waals surface area contributed by atoms with E-state index >= 15 is 0 Å². The maximum Gasteiger partial charge on any atom is 0.265 e. The number of benzene rings is 1. The van der Waals surface area contributed by atoms with Crippen molar-refractivity contribution in [2.45, 2.75) is 13.1 Å². The smallest absolute Gasteiger partial charge is 0.265 e. The van der Waals surface area contributed by atoms with Gasteiger partial charge in [-0.2, -0.15) is 0 Å². The van der Waals surface area contributed by atoms with Crippen LogP contribution in [0.2, 0.25) is 0 Å². The van der Waals surface area contributed by atoms with Crippen LogP contribution in [0.3, 0.4) is 0 Å². The molecule has 0 bridgehead atoms. The van der Waals surface area contributed by atoms with E-state index in [1.54, 1.807) is 19.0 Å². The van der Waals surface area contributed by atoms with E-state index in [1.807, 2.05) is 6.07 Å². The zero-order valence-electron chi connectivity index (χ0n) is 11.6. The molecule has 4 nitrogen and oxygen atoms in total. The third kappa shape index (κ3) is 2.14. The summed E-state index contributed by atoms with van der Waals surface area (Å²) in [5, 5.41) is 1.06. The summed E-state index contributed by atoms with van der Waals surface area (Å²) in [6.45, 7) is 1.76. The average Bonchev–Trinajstić information content (AvgIpc) is 3.00. The molecule has 5 heteroatoms. The van der Waals surface area contributed by atoms with E-state index in [0.717, 1.165) is 18.1 Å². The highest BCUT2D eigenvalue weighted by Crippen LogP contribution is 2.37. The summed E-state index contributed by atoms with van der Waals surface area (Å²) in [7, 11) is 3.49. The molecule has 2 aromatic rings. The minimum atomic E-state index is -0.0320. The first-order chi connectivity index (χ1) is 9.56. The third-order valence-corrected chi connectivity index (χ3v) is 4.70. The number of nitrogens with zero attached hydrogens (tertiary/aromatic N) is 2. The van der Waals surface area contributed by atoms with Crippen molar-refractivity contribution in [2.24, 2.45) is 0 Å². The molecule has 1 aromatic heterocycles. The highest BCUT2D eigenvalue weighted by atomic mass is 32.1. The molecule has 0 spiro atoms. The van der Waals surface area contributed by atoms with Crippen LogP contribution in [0.1, 0.15) is 20.8 Å². The van der Waals surface area contributed by atoms with Crippen molar-refractivity contribution in [1.29, 1.82) is 0 Å². The van der Waals surface area contributed by atoms with Gasteiger partial charge in [-0.25, -0.2) is 0 Å². The number of thiophene rings is 1. The highest BCUT2D eigenvalue weighted by molar-refractivity contribution is 7.18. The van der Waals surface area contributed by atoms with E-state index in [2.05, 4.69) is 29.2 Å². The van der Waals surface area contributed by atoms with E-state index in [9.17, 15) is 4.79 Å². The fourth-order valence-electron chi connectivity index (χ4n) is 2.41. The molecule has 104 valence electrons. The Morgan fingerprint density at radius 1 is 1.25 bits per heavy atom. The summed E-state index contributed by atoms with van der Waals surface area (Å²) in [4.78, 5) is 16.5. The van der Waals surface area contributed by atoms with Gasteiger partial charge in [-0.05, 0) is 17.2 Å². The molecule has 3 rings (SSSR count). The Hall–Kier alpha value is -2.01. The van der Waals surface area contributed by atoms with Gasteiger partial charge < -0.3 is 15.5 Å². The Morgan fingerprint density at radius 2 is 1.85 bits per heavy atom. The van der Waals surface area contributed by atoms with Crippen LogP contribution in [0, 0.1) is 0 Å². The standard InChI is InChI=1S/C15H17N3OS/c1-17(2)15(19)14-12(16)7-13(20-14)18-8-10-5-3-4-6-11(10)9-18/h3-7H,8-9,16H2,1-2H3. The summed E-state index contributed by atoms with van der Waals surface area (Å²) in [6.07, 6.45) is 0. The quantitative estimate of drug-likeness (QED) is 0.923. The van der Waals surface area contributed by atoms with Crippen molar-refractivity contribution >= 4 is 27.9 Å². The lowest BCUT2D eigenvalue weighted by atomic mass is 10.1. The number of hydrogen-bond acceptors (Lipinski definition) is 4. The van der Waals surface area contributed by atoms with Gasteiger partial charge in [0.1, 0.15) is 4.88 Å². The van der Waals surface area contributed by atoms with Crippen LogP contribution in [0.5, 0.6) is 0 Å². The van der Waals surface area contributed by atoms with Crippen LogP contribution >= 0.6 is 11.3 Å². The first-order valence-electron chi connectivity index (χ1n) is 6.49. The first-order valence-corrected chi connectivity index (χ1v) is 7.30. The molecule has 2 heterocycles. The zero-order chi connectivity index (χ0) is 14.3. The number of hydrogen-bond donors (Lipinski definition) is 1. The first kappa shape index (κ1) is 13.0. The molecule has 1 aromatic carbocycles. The molecule has 0 atom stereocenters. The molecule has 1 aliphatic heterocycles. The van der Waals surface area contributed by atoms with E-state index in [-0.39, 0.29) is 5.91 Å². The molecule has 0 radical (unpaired) electrons. The Kier molecular flexibility index (Phi) is 3.14. The number of nitrogen functional groups attached to an aromatic ring is 1. The molecule has 20 heavy (non-hydrogen) atoms. The molecule has 0 saturated carbocycles. The zero-order valence-corrected chi connectivity index (χ0v) is 12.4. The predicted molar refractivity (Wildman–Crippen MR) is 83.1 cm³/mol. The fraction of sp³-hybridized carbons (Fsp3) is 0.267.